The van der Waals surface area contributed by atoms with E-state index in [0.717, 1.165) is 16.0 Å². The molecule has 3 nitrogen and oxygen atoms in total. The van der Waals surface area contributed by atoms with E-state index in [9.17, 15) is 4.79 Å². The van der Waals surface area contributed by atoms with Gasteiger partial charge in [0.2, 0.25) is 0 Å². The van der Waals surface area contributed by atoms with Crippen LogP contribution in [0.4, 0.5) is 5.69 Å². The average molecular weight is 233 g/mol. The highest BCUT2D eigenvalue weighted by Gasteiger charge is 2.09. The zero-order valence-corrected chi connectivity index (χ0v) is 9.54. The minimum absolute atomic E-state index is 0.223. The van der Waals surface area contributed by atoms with Crippen molar-refractivity contribution in [1.29, 1.82) is 0 Å². The molecule has 2 rings (SSSR count). The highest BCUT2D eigenvalue weighted by atomic mass is 32.1. The molecule has 0 aliphatic heterocycles. The number of hydrogen-bond donors (Lipinski definition) is 2. The lowest BCUT2D eigenvalue weighted by molar-refractivity contribution is 0.0697. The maximum atomic E-state index is 10.9. The number of benzene rings is 1. The molecule has 0 unspecified atom stereocenters. The molecule has 1 aromatic carbocycles. The zero-order chi connectivity index (χ0) is 11.7. The standard InChI is InChI=1S/C12H11NO2S/c1-7-11(2-3-16-7)8-4-9(12(14)15)6-10(13)5-8/h2-6H,13H2,1H3,(H,14,15). The maximum Gasteiger partial charge on any atom is 0.335 e. The normalized spacial score (nSPS) is 10.3. The number of carboxylic acid groups (broad SMARTS) is 1. The Labute approximate surface area is 97.2 Å². The number of aryl methyl sites for hydroxylation is 1. The highest BCUT2D eigenvalue weighted by Crippen LogP contribution is 2.29. The first-order chi connectivity index (χ1) is 7.58. The summed E-state index contributed by atoms with van der Waals surface area (Å²) < 4.78 is 0. The maximum absolute atomic E-state index is 10.9. The Morgan fingerprint density at radius 2 is 2.12 bits per heavy atom. The van der Waals surface area contributed by atoms with Crippen molar-refractivity contribution in [3.63, 3.8) is 0 Å². The van der Waals surface area contributed by atoms with Crippen LogP contribution < -0.4 is 5.73 Å². The number of aromatic carboxylic acids is 1. The van der Waals surface area contributed by atoms with Gasteiger partial charge < -0.3 is 10.8 Å². The van der Waals surface area contributed by atoms with Crippen LogP contribution in [0.15, 0.2) is 29.6 Å². The fourth-order valence-electron chi connectivity index (χ4n) is 1.62. The van der Waals surface area contributed by atoms with E-state index in [4.69, 9.17) is 10.8 Å². The number of carboxylic acids is 1. The van der Waals surface area contributed by atoms with Gasteiger partial charge in [-0.05, 0) is 47.7 Å². The summed E-state index contributed by atoms with van der Waals surface area (Å²) >= 11 is 1.63. The zero-order valence-electron chi connectivity index (χ0n) is 8.73. The first kappa shape index (κ1) is 10.7. The monoisotopic (exact) mass is 233 g/mol. The Bertz CT molecular complexity index is 546. The Kier molecular flexibility index (Phi) is 2.66. The minimum atomic E-state index is -0.957. The summed E-state index contributed by atoms with van der Waals surface area (Å²) in [5.41, 5.74) is 8.29. The molecule has 82 valence electrons. The van der Waals surface area contributed by atoms with Crippen LogP contribution in [-0.4, -0.2) is 11.1 Å². The van der Waals surface area contributed by atoms with Crippen molar-refractivity contribution in [3.8, 4) is 11.1 Å². The van der Waals surface area contributed by atoms with Crippen LogP contribution in [0.1, 0.15) is 15.2 Å². The number of hydrogen-bond acceptors (Lipinski definition) is 3. The second kappa shape index (κ2) is 3.98. The summed E-state index contributed by atoms with van der Waals surface area (Å²) in [6.07, 6.45) is 0. The molecule has 0 atom stereocenters. The predicted octanol–water partition coefficient (Wildman–Crippen LogP) is 3.00. The van der Waals surface area contributed by atoms with Gasteiger partial charge in [-0.25, -0.2) is 4.79 Å². The number of anilines is 1. The molecule has 0 saturated carbocycles. The highest BCUT2D eigenvalue weighted by molar-refractivity contribution is 7.10. The van der Waals surface area contributed by atoms with Crippen LogP contribution >= 0.6 is 11.3 Å². The predicted molar refractivity (Wildman–Crippen MR) is 65.9 cm³/mol. The molecule has 0 fully saturated rings. The van der Waals surface area contributed by atoms with Gasteiger partial charge in [-0.3, -0.25) is 0 Å². The molecule has 4 heteroatoms. The molecule has 0 aliphatic rings. The molecule has 0 amide bonds. The third-order valence-corrected chi connectivity index (χ3v) is 3.22. The number of rotatable bonds is 2. The Morgan fingerprint density at radius 3 is 2.69 bits per heavy atom. The van der Waals surface area contributed by atoms with Gasteiger partial charge in [-0.1, -0.05) is 0 Å². The third kappa shape index (κ3) is 1.92. The lowest BCUT2D eigenvalue weighted by Crippen LogP contribution is -1.98. The Morgan fingerprint density at radius 1 is 1.38 bits per heavy atom. The van der Waals surface area contributed by atoms with Crippen molar-refractivity contribution in [2.75, 3.05) is 5.73 Å². The van der Waals surface area contributed by atoms with Crippen LogP contribution in [0.3, 0.4) is 0 Å². The van der Waals surface area contributed by atoms with E-state index >= 15 is 0 Å². The van der Waals surface area contributed by atoms with Crippen molar-refractivity contribution in [3.05, 3.63) is 40.1 Å². The van der Waals surface area contributed by atoms with Gasteiger partial charge in [0.05, 0.1) is 5.56 Å². The van der Waals surface area contributed by atoms with Crippen LogP contribution in [-0.2, 0) is 0 Å². The van der Waals surface area contributed by atoms with E-state index in [2.05, 4.69) is 0 Å². The quantitative estimate of drug-likeness (QED) is 0.784. The SMILES string of the molecule is Cc1sccc1-c1cc(N)cc(C(=O)O)c1. The first-order valence-corrected chi connectivity index (χ1v) is 5.64. The molecule has 0 aliphatic carbocycles. The second-order valence-corrected chi connectivity index (χ2v) is 4.66. The molecular weight excluding hydrogens is 222 g/mol. The number of thiophene rings is 1. The van der Waals surface area contributed by atoms with Crippen molar-refractivity contribution in [2.24, 2.45) is 0 Å². The van der Waals surface area contributed by atoms with E-state index < -0.39 is 5.97 Å². The topological polar surface area (TPSA) is 63.3 Å². The summed E-state index contributed by atoms with van der Waals surface area (Å²) in [5, 5.41) is 10.9. The van der Waals surface area contributed by atoms with Crippen LogP contribution in [0, 0.1) is 6.92 Å². The van der Waals surface area contributed by atoms with Crippen molar-refractivity contribution in [1.82, 2.24) is 0 Å². The second-order valence-electron chi connectivity index (χ2n) is 3.54. The largest absolute Gasteiger partial charge is 0.478 e. The average Bonchev–Trinajstić information content (AvgIpc) is 2.63. The smallest absolute Gasteiger partial charge is 0.335 e. The number of nitrogen functional groups attached to an aromatic ring is 1. The molecule has 0 spiro atoms. The van der Waals surface area contributed by atoms with Crippen molar-refractivity contribution < 1.29 is 9.90 Å². The van der Waals surface area contributed by atoms with E-state index in [-0.39, 0.29) is 5.56 Å². The van der Waals surface area contributed by atoms with Gasteiger partial charge in [0.25, 0.3) is 0 Å². The van der Waals surface area contributed by atoms with Gasteiger partial charge in [0.1, 0.15) is 0 Å². The summed E-state index contributed by atoms with van der Waals surface area (Å²) in [5.74, 6) is -0.957. The number of carbonyl (C=O) groups is 1. The van der Waals surface area contributed by atoms with E-state index in [1.165, 1.54) is 6.07 Å². The van der Waals surface area contributed by atoms with Gasteiger partial charge in [-0.15, -0.1) is 11.3 Å². The van der Waals surface area contributed by atoms with Gasteiger partial charge in [-0.2, -0.15) is 0 Å². The van der Waals surface area contributed by atoms with Crippen LogP contribution in [0.5, 0.6) is 0 Å². The van der Waals surface area contributed by atoms with Crippen LogP contribution in [0.2, 0.25) is 0 Å². The van der Waals surface area contributed by atoms with Gasteiger partial charge in [0.15, 0.2) is 0 Å². The van der Waals surface area contributed by atoms with Crippen molar-refractivity contribution >= 4 is 23.0 Å². The summed E-state index contributed by atoms with van der Waals surface area (Å²) in [6, 6.07) is 6.88. The fourth-order valence-corrected chi connectivity index (χ4v) is 2.34. The third-order valence-electron chi connectivity index (χ3n) is 2.37. The first-order valence-electron chi connectivity index (χ1n) is 4.76. The summed E-state index contributed by atoms with van der Waals surface area (Å²) in [4.78, 5) is 12.1. The Balaban J connectivity index is 2.58. The lowest BCUT2D eigenvalue weighted by atomic mass is 10.0. The molecule has 1 aromatic heterocycles. The van der Waals surface area contributed by atoms with Crippen LogP contribution in [0.25, 0.3) is 11.1 Å². The minimum Gasteiger partial charge on any atom is -0.478 e. The van der Waals surface area contributed by atoms with Crippen molar-refractivity contribution in [2.45, 2.75) is 6.92 Å². The molecule has 2 aromatic rings. The lowest BCUT2D eigenvalue weighted by Gasteiger charge is -2.04. The fraction of sp³-hybridized carbons (Fsp3) is 0.0833. The molecule has 1 heterocycles. The number of nitrogens with two attached hydrogens (primary N) is 1. The molecular formula is C12H11NO2S. The summed E-state index contributed by atoms with van der Waals surface area (Å²) in [7, 11) is 0. The van der Waals surface area contributed by atoms with E-state index in [1.54, 1.807) is 23.5 Å². The summed E-state index contributed by atoms with van der Waals surface area (Å²) in [6.45, 7) is 2.00. The van der Waals surface area contributed by atoms with Gasteiger partial charge in [0, 0.05) is 10.6 Å². The molecule has 0 saturated heterocycles. The van der Waals surface area contributed by atoms with E-state index in [0.29, 0.717) is 5.69 Å². The van der Waals surface area contributed by atoms with E-state index in [1.807, 2.05) is 18.4 Å². The van der Waals surface area contributed by atoms with Gasteiger partial charge >= 0.3 is 5.97 Å². The molecule has 0 radical (unpaired) electrons. The molecule has 3 N–H and O–H groups in total. The molecule has 0 bridgehead atoms. The Hall–Kier alpha value is -1.81. The molecule has 16 heavy (non-hydrogen) atoms.